The zero-order valence-electron chi connectivity index (χ0n) is 18.3. The quantitative estimate of drug-likeness (QED) is 0.248. The Kier molecular flexibility index (Phi) is 10.4. The molecule has 0 aliphatic carbocycles. The molecule has 0 radical (unpaired) electrons. The van der Waals surface area contributed by atoms with Crippen molar-refractivity contribution in [3.05, 3.63) is 33.2 Å². The zero-order valence-corrected chi connectivity index (χ0v) is 20.7. The van der Waals surface area contributed by atoms with Gasteiger partial charge in [-0.15, -0.1) is 11.3 Å². The molecule has 174 valence electrons. The zero-order chi connectivity index (χ0) is 23.5. The molecule has 1 N–H and O–H groups in total. The molecular weight excluding hydrogens is 502 g/mol. The Labute approximate surface area is 199 Å². The Morgan fingerprint density at radius 3 is 2.62 bits per heavy atom. The molecule has 0 spiro atoms. The molecule has 0 saturated carbocycles. The van der Waals surface area contributed by atoms with Gasteiger partial charge >= 0.3 is 11.9 Å². The van der Waals surface area contributed by atoms with Gasteiger partial charge < -0.3 is 18.9 Å². The number of nitrogens with one attached hydrogen (secondary N) is 1. The van der Waals surface area contributed by atoms with Gasteiger partial charge in [0.15, 0.2) is 18.1 Å². The number of hydrogen-bond donors (Lipinski definition) is 1. The summed E-state index contributed by atoms with van der Waals surface area (Å²) in [5.74, 6) is 0.104. The molecule has 32 heavy (non-hydrogen) atoms. The molecule has 0 bridgehead atoms. The topological polar surface area (TPSA) is 108 Å². The monoisotopic (exact) mass is 527 g/mol. The molecule has 9 nitrogen and oxygen atoms in total. The minimum atomic E-state index is -0.459. The number of rotatable bonds is 12. The molecule has 1 heterocycles. The molecule has 0 fully saturated rings. The van der Waals surface area contributed by atoms with Gasteiger partial charge in [0.1, 0.15) is 0 Å². The van der Waals surface area contributed by atoms with E-state index in [0.717, 1.165) is 5.56 Å². The minimum absolute atomic E-state index is 0.116. The van der Waals surface area contributed by atoms with Crippen molar-refractivity contribution in [2.24, 2.45) is 5.10 Å². The van der Waals surface area contributed by atoms with Crippen LogP contribution in [-0.4, -0.2) is 49.1 Å². The van der Waals surface area contributed by atoms with Crippen molar-refractivity contribution >= 4 is 50.6 Å². The number of anilines is 1. The smallest absolute Gasteiger partial charge is 0.344 e. The lowest BCUT2D eigenvalue weighted by Gasteiger charge is -2.14. The highest BCUT2D eigenvalue weighted by Gasteiger charge is 2.13. The average Bonchev–Trinajstić information content (AvgIpc) is 3.15. The number of hydrazone groups is 1. The largest absolute Gasteiger partial charge is 0.490 e. The fraction of sp³-hybridized carbons (Fsp3) is 0.429. The van der Waals surface area contributed by atoms with Crippen LogP contribution < -0.4 is 14.9 Å². The highest BCUT2D eigenvalue weighted by molar-refractivity contribution is 9.10. The predicted molar refractivity (Wildman–Crippen MR) is 126 cm³/mol. The van der Waals surface area contributed by atoms with E-state index in [1.807, 2.05) is 6.92 Å². The molecular formula is C21H26BrN3O6S. The highest BCUT2D eigenvalue weighted by Crippen LogP contribution is 2.33. The molecule has 2 rings (SSSR count). The van der Waals surface area contributed by atoms with Gasteiger partial charge in [0.25, 0.3) is 0 Å². The van der Waals surface area contributed by atoms with Crippen LogP contribution in [0.2, 0.25) is 0 Å². The van der Waals surface area contributed by atoms with E-state index in [2.05, 4.69) is 31.4 Å². The molecule has 0 amide bonds. The lowest BCUT2D eigenvalue weighted by molar-refractivity contribution is -0.149. The number of ether oxygens (including phenoxy) is 4. The summed E-state index contributed by atoms with van der Waals surface area (Å²) in [6.45, 7) is 7.69. The van der Waals surface area contributed by atoms with Crippen molar-refractivity contribution in [3.63, 3.8) is 0 Å². The van der Waals surface area contributed by atoms with Gasteiger partial charge in [-0.05, 0) is 55.8 Å². The summed E-state index contributed by atoms with van der Waals surface area (Å²) in [7, 11) is 0. The molecule has 11 heteroatoms. The van der Waals surface area contributed by atoms with Crippen molar-refractivity contribution in [2.75, 3.05) is 25.2 Å². The Morgan fingerprint density at radius 2 is 1.94 bits per heavy atom. The fourth-order valence-electron chi connectivity index (χ4n) is 2.42. The summed E-state index contributed by atoms with van der Waals surface area (Å²) in [6, 6.07) is 3.45. The number of hydrogen-bond acceptors (Lipinski definition) is 10. The molecule has 0 aliphatic rings. The Bertz CT molecular complexity index is 948. The van der Waals surface area contributed by atoms with Crippen molar-refractivity contribution in [1.29, 1.82) is 0 Å². The van der Waals surface area contributed by atoms with Gasteiger partial charge in [-0.1, -0.05) is 0 Å². The summed E-state index contributed by atoms with van der Waals surface area (Å²) in [6.07, 6.45) is 1.50. The predicted octanol–water partition coefficient (Wildman–Crippen LogP) is 4.19. The SMILES string of the molecule is CCOC(=O)Cc1csc(NN=Cc2cc(OCC)c(OCC(=O)OC(C)C)cc2Br)n1. The second-order valence-electron chi connectivity index (χ2n) is 6.58. The number of halogens is 1. The first kappa shape index (κ1) is 25.6. The Hall–Kier alpha value is -2.66. The van der Waals surface area contributed by atoms with Gasteiger partial charge in [-0.25, -0.2) is 9.78 Å². The van der Waals surface area contributed by atoms with Crippen LogP contribution in [0.1, 0.15) is 39.0 Å². The van der Waals surface area contributed by atoms with E-state index < -0.39 is 5.97 Å². The van der Waals surface area contributed by atoms with E-state index in [1.54, 1.807) is 44.5 Å². The van der Waals surface area contributed by atoms with Crippen molar-refractivity contribution in [2.45, 2.75) is 40.2 Å². The summed E-state index contributed by atoms with van der Waals surface area (Å²) < 4.78 is 21.9. The van der Waals surface area contributed by atoms with E-state index in [-0.39, 0.29) is 25.1 Å². The minimum Gasteiger partial charge on any atom is -0.490 e. The molecule has 0 atom stereocenters. The van der Waals surface area contributed by atoms with E-state index in [1.165, 1.54) is 11.3 Å². The summed E-state index contributed by atoms with van der Waals surface area (Å²) in [5, 5.41) is 6.51. The summed E-state index contributed by atoms with van der Waals surface area (Å²) in [4.78, 5) is 27.6. The average molecular weight is 528 g/mol. The van der Waals surface area contributed by atoms with Gasteiger partial charge in [0.2, 0.25) is 5.13 Å². The second-order valence-corrected chi connectivity index (χ2v) is 8.29. The maximum Gasteiger partial charge on any atom is 0.344 e. The summed E-state index contributed by atoms with van der Waals surface area (Å²) in [5.41, 5.74) is 4.18. The molecule has 0 saturated heterocycles. The number of carbonyl (C=O) groups excluding carboxylic acids is 2. The van der Waals surface area contributed by atoms with Crippen molar-refractivity contribution < 1.29 is 28.5 Å². The number of thiazole rings is 1. The van der Waals surface area contributed by atoms with E-state index in [0.29, 0.717) is 40.0 Å². The normalized spacial score (nSPS) is 10.9. The van der Waals surface area contributed by atoms with Gasteiger partial charge in [-0.3, -0.25) is 10.2 Å². The lowest BCUT2D eigenvalue weighted by atomic mass is 10.2. The van der Waals surface area contributed by atoms with Crippen LogP contribution in [0.5, 0.6) is 11.5 Å². The number of aromatic nitrogens is 1. The van der Waals surface area contributed by atoms with Gasteiger partial charge in [-0.2, -0.15) is 5.10 Å². The van der Waals surface area contributed by atoms with Gasteiger partial charge in [0, 0.05) is 15.4 Å². The van der Waals surface area contributed by atoms with E-state index >= 15 is 0 Å². The second kappa shape index (κ2) is 13.0. The molecule has 1 aromatic carbocycles. The Morgan fingerprint density at radius 1 is 1.19 bits per heavy atom. The van der Waals surface area contributed by atoms with Crippen LogP contribution in [-0.2, 0) is 25.5 Å². The van der Waals surface area contributed by atoms with Crippen molar-refractivity contribution in [3.8, 4) is 11.5 Å². The first-order valence-electron chi connectivity index (χ1n) is 10.00. The standard InChI is InChI=1S/C21H26BrN3O6S/c1-5-28-17-7-14(16(22)9-18(17)30-11-20(27)31-13(3)4)10-23-25-21-24-15(12-32-21)8-19(26)29-6-2/h7,9-10,12-13H,5-6,8,11H2,1-4H3,(H,24,25). The van der Waals surface area contributed by atoms with Crippen LogP contribution in [0.15, 0.2) is 27.1 Å². The van der Waals surface area contributed by atoms with Crippen LogP contribution >= 0.6 is 27.3 Å². The maximum atomic E-state index is 11.8. The maximum absolute atomic E-state index is 11.8. The van der Waals surface area contributed by atoms with Crippen LogP contribution in [0, 0.1) is 0 Å². The molecule has 0 aliphatic heterocycles. The highest BCUT2D eigenvalue weighted by atomic mass is 79.9. The first-order chi connectivity index (χ1) is 15.3. The first-order valence-corrected chi connectivity index (χ1v) is 11.7. The number of carbonyl (C=O) groups is 2. The third-order valence-electron chi connectivity index (χ3n) is 3.62. The summed E-state index contributed by atoms with van der Waals surface area (Å²) >= 11 is 4.81. The van der Waals surface area contributed by atoms with E-state index in [9.17, 15) is 9.59 Å². The van der Waals surface area contributed by atoms with Gasteiger partial charge in [0.05, 0.1) is 37.6 Å². The third-order valence-corrected chi connectivity index (χ3v) is 5.10. The lowest BCUT2D eigenvalue weighted by Crippen LogP contribution is -2.19. The molecule has 1 aromatic heterocycles. The number of esters is 2. The van der Waals surface area contributed by atoms with Crippen LogP contribution in [0.25, 0.3) is 0 Å². The molecule has 0 unspecified atom stereocenters. The third kappa shape index (κ3) is 8.46. The Balaban J connectivity index is 2.04. The fourth-order valence-corrected chi connectivity index (χ4v) is 3.50. The van der Waals surface area contributed by atoms with Crippen LogP contribution in [0.3, 0.4) is 0 Å². The van der Waals surface area contributed by atoms with Crippen LogP contribution in [0.4, 0.5) is 5.13 Å². The van der Waals surface area contributed by atoms with Crippen molar-refractivity contribution in [1.82, 2.24) is 4.98 Å². The number of benzene rings is 1. The molecule has 2 aromatic rings. The number of nitrogens with zero attached hydrogens (tertiary/aromatic N) is 2. The van der Waals surface area contributed by atoms with E-state index in [4.69, 9.17) is 18.9 Å².